The molecule has 2 aliphatic rings. The van der Waals surface area contributed by atoms with Gasteiger partial charge in [-0.05, 0) is 38.5 Å². The number of hydrogen-bond acceptors (Lipinski definition) is 2. The summed E-state index contributed by atoms with van der Waals surface area (Å²) < 4.78 is 5.73. The molecule has 0 spiro atoms. The number of allylic oxidation sites excluding steroid dienone is 1. The average molecular weight is 182 g/mol. The highest BCUT2D eigenvalue weighted by Gasteiger charge is 2.45. The highest BCUT2D eigenvalue weighted by molar-refractivity contribution is 4.97. The van der Waals surface area contributed by atoms with E-state index in [9.17, 15) is 5.11 Å². The molecule has 3 atom stereocenters. The van der Waals surface area contributed by atoms with Crippen molar-refractivity contribution in [1.82, 2.24) is 0 Å². The Kier molecular flexibility index (Phi) is 2.43. The van der Waals surface area contributed by atoms with E-state index in [2.05, 4.69) is 6.58 Å². The quantitative estimate of drug-likeness (QED) is 0.677. The van der Waals surface area contributed by atoms with Gasteiger partial charge in [0.15, 0.2) is 0 Å². The van der Waals surface area contributed by atoms with Crippen molar-refractivity contribution in [2.45, 2.75) is 56.3 Å². The molecule has 0 saturated carbocycles. The van der Waals surface area contributed by atoms with E-state index >= 15 is 0 Å². The molecule has 74 valence electrons. The largest absolute Gasteiger partial charge is 0.387 e. The van der Waals surface area contributed by atoms with Gasteiger partial charge in [-0.3, -0.25) is 0 Å². The summed E-state index contributed by atoms with van der Waals surface area (Å²) in [6.45, 7) is 3.69. The van der Waals surface area contributed by atoms with Crippen molar-refractivity contribution in [3.8, 4) is 0 Å². The van der Waals surface area contributed by atoms with Crippen LogP contribution >= 0.6 is 0 Å². The van der Waals surface area contributed by atoms with Crippen molar-refractivity contribution in [1.29, 1.82) is 0 Å². The summed E-state index contributed by atoms with van der Waals surface area (Å²) in [4.78, 5) is 0. The maximum absolute atomic E-state index is 10.3. The van der Waals surface area contributed by atoms with Gasteiger partial charge in [-0.25, -0.2) is 0 Å². The van der Waals surface area contributed by atoms with E-state index in [1.165, 1.54) is 0 Å². The lowest BCUT2D eigenvalue weighted by molar-refractivity contribution is -0.145. The maximum Gasteiger partial charge on any atom is 0.0912 e. The second-order valence-corrected chi connectivity index (χ2v) is 4.29. The minimum atomic E-state index is -0.554. The Morgan fingerprint density at radius 2 is 2.31 bits per heavy atom. The van der Waals surface area contributed by atoms with Crippen molar-refractivity contribution < 1.29 is 9.84 Å². The van der Waals surface area contributed by atoms with Crippen molar-refractivity contribution in [2.24, 2.45) is 0 Å². The molecule has 2 heteroatoms. The first-order valence-corrected chi connectivity index (χ1v) is 5.23. The Labute approximate surface area is 79.6 Å². The predicted molar refractivity (Wildman–Crippen MR) is 51.5 cm³/mol. The van der Waals surface area contributed by atoms with Crippen LogP contribution in [0, 0.1) is 0 Å². The Morgan fingerprint density at radius 1 is 1.46 bits per heavy atom. The van der Waals surface area contributed by atoms with Crippen LogP contribution in [0.4, 0.5) is 0 Å². The molecule has 2 aliphatic heterocycles. The number of rotatable bonds is 3. The molecule has 3 unspecified atom stereocenters. The maximum atomic E-state index is 10.3. The van der Waals surface area contributed by atoms with Crippen LogP contribution < -0.4 is 0 Å². The highest BCUT2D eigenvalue weighted by Crippen LogP contribution is 2.41. The highest BCUT2D eigenvalue weighted by atomic mass is 16.5. The van der Waals surface area contributed by atoms with E-state index in [1.54, 1.807) is 0 Å². The molecule has 2 bridgehead atoms. The van der Waals surface area contributed by atoms with Gasteiger partial charge in [0.25, 0.3) is 0 Å². The Balaban J connectivity index is 1.99. The van der Waals surface area contributed by atoms with Gasteiger partial charge in [0.2, 0.25) is 0 Å². The fourth-order valence-electron chi connectivity index (χ4n) is 2.52. The molecule has 2 nitrogen and oxygen atoms in total. The molecule has 2 rings (SSSR count). The standard InChI is InChI=1S/C11H18O2/c1-2-3-7-11(12)8-6-9-4-5-10(11)13-9/h2,9-10,12H,1,3-8H2. The van der Waals surface area contributed by atoms with E-state index < -0.39 is 5.60 Å². The van der Waals surface area contributed by atoms with E-state index in [-0.39, 0.29) is 6.10 Å². The smallest absolute Gasteiger partial charge is 0.0912 e. The Bertz CT molecular complexity index is 202. The van der Waals surface area contributed by atoms with Gasteiger partial charge >= 0.3 is 0 Å². The van der Waals surface area contributed by atoms with Crippen molar-refractivity contribution >= 4 is 0 Å². The molecule has 13 heavy (non-hydrogen) atoms. The minimum Gasteiger partial charge on any atom is -0.387 e. The average Bonchev–Trinajstić information content (AvgIpc) is 2.55. The summed E-state index contributed by atoms with van der Waals surface area (Å²) in [7, 11) is 0. The molecule has 0 radical (unpaired) electrons. The fourth-order valence-corrected chi connectivity index (χ4v) is 2.52. The van der Waals surface area contributed by atoms with Crippen LogP contribution in [0.2, 0.25) is 0 Å². The molecule has 2 heterocycles. The van der Waals surface area contributed by atoms with Gasteiger partial charge in [0.1, 0.15) is 0 Å². The normalized spacial score (nSPS) is 43.5. The van der Waals surface area contributed by atoms with E-state index in [0.29, 0.717) is 6.10 Å². The number of hydrogen-bond donors (Lipinski definition) is 1. The van der Waals surface area contributed by atoms with Crippen molar-refractivity contribution in [3.05, 3.63) is 12.7 Å². The lowest BCUT2D eigenvalue weighted by atomic mass is 9.85. The monoisotopic (exact) mass is 182 g/mol. The van der Waals surface area contributed by atoms with Gasteiger partial charge < -0.3 is 9.84 Å². The van der Waals surface area contributed by atoms with E-state index in [0.717, 1.165) is 38.5 Å². The van der Waals surface area contributed by atoms with Gasteiger partial charge in [-0.2, -0.15) is 0 Å². The third-order valence-electron chi connectivity index (χ3n) is 3.39. The number of aliphatic hydroxyl groups is 1. The molecule has 2 saturated heterocycles. The van der Waals surface area contributed by atoms with Gasteiger partial charge in [0.05, 0.1) is 17.8 Å². The summed E-state index contributed by atoms with van der Waals surface area (Å²) >= 11 is 0. The van der Waals surface area contributed by atoms with Crippen molar-refractivity contribution in [3.63, 3.8) is 0 Å². The van der Waals surface area contributed by atoms with Crippen molar-refractivity contribution in [2.75, 3.05) is 0 Å². The molecule has 0 aliphatic carbocycles. The Morgan fingerprint density at radius 3 is 3.08 bits per heavy atom. The molecule has 0 aromatic rings. The summed E-state index contributed by atoms with van der Waals surface area (Å²) in [5.41, 5.74) is -0.554. The third kappa shape index (κ3) is 1.65. The SMILES string of the molecule is C=CCCC1(O)CCC2CCC1O2. The molecule has 0 aromatic heterocycles. The van der Waals surface area contributed by atoms with Crippen LogP contribution in [0.3, 0.4) is 0 Å². The zero-order valence-corrected chi connectivity index (χ0v) is 8.04. The molecule has 0 amide bonds. The molecular weight excluding hydrogens is 164 g/mol. The first kappa shape index (κ1) is 9.22. The first-order valence-electron chi connectivity index (χ1n) is 5.23. The lowest BCUT2D eigenvalue weighted by Gasteiger charge is -2.37. The minimum absolute atomic E-state index is 0.103. The molecule has 0 aromatic carbocycles. The van der Waals surface area contributed by atoms with Crippen LogP contribution in [-0.2, 0) is 4.74 Å². The predicted octanol–water partition coefficient (Wildman–Crippen LogP) is 2.03. The summed E-state index contributed by atoms with van der Waals surface area (Å²) in [5, 5.41) is 10.3. The second-order valence-electron chi connectivity index (χ2n) is 4.29. The zero-order valence-electron chi connectivity index (χ0n) is 8.04. The van der Waals surface area contributed by atoms with Crippen LogP contribution in [0.1, 0.15) is 38.5 Å². The van der Waals surface area contributed by atoms with Crippen LogP contribution in [0.15, 0.2) is 12.7 Å². The number of ether oxygens (including phenoxy) is 1. The van der Waals surface area contributed by atoms with Crippen LogP contribution in [0.25, 0.3) is 0 Å². The number of fused-ring (bicyclic) bond motifs is 2. The Hall–Kier alpha value is -0.340. The second kappa shape index (κ2) is 3.43. The van der Waals surface area contributed by atoms with Gasteiger partial charge in [-0.15, -0.1) is 6.58 Å². The summed E-state index contributed by atoms with van der Waals surface area (Å²) in [6, 6.07) is 0. The summed E-state index contributed by atoms with van der Waals surface area (Å²) in [6.07, 6.45) is 8.24. The lowest BCUT2D eigenvalue weighted by Crippen LogP contribution is -2.45. The molecule has 2 fully saturated rings. The molecular formula is C11H18O2. The molecule has 1 N–H and O–H groups in total. The third-order valence-corrected chi connectivity index (χ3v) is 3.39. The van der Waals surface area contributed by atoms with Gasteiger partial charge in [0, 0.05) is 0 Å². The van der Waals surface area contributed by atoms with E-state index in [1.807, 2.05) is 6.08 Å². The van der Waals surface area contributed by atoms with Crippen LogP contribution in [0.5, 0.6) is 0 Å². The zero-order chi connectivity index (χ0) is 9.31. The fraction of sp³-hybridized carbons (Fsp3) is 0.818. The van der Waals surface area contributed by atoms with E-state index in [4.69, 9.17) is 4.74 Å². The first-order chi connectivity index (χ1) is 6.24. The van der Waals surface area contributed by atoms with Gasteiger partial charge in [-0.1, -0.05) is 6.08 Å². The topological polar surface area (TPSA) is 29.5 Å². The summed E-state index contributed by atoms with van der Waals surface area (Å²) in [5.74, 6) is 0. The van der Waals surface area contributed by atoms with Crippen LogP contribution in [-0.4, -0.2) is 22.9 Å².